The van der Waals surface area contributed by atoms with Gasteiger partial charge in [-0.25, -0.2) is 4.79 Å². The Hall–Kier alpha value is -2.73. The van der Waals surface area contributed by atoms with Crippen LogP contribution in [-0.2, 0) is 11.8 Å². The predicted octanol–water partition coefficient (Wildman–Crippen LogP) is 3.21. The highest BCUT2D eigenvalue weighted by molar-refractivity contribution is 5.74. The maximum Gasteiger partial charge on any atom is 0.314 e. The summed E-state index contributed by atoms with van der Waals surface area (Å²) in [4.78, 5) is 14.8. The summed E-state index contributed by atoms with van der Waals surface area (Å²) in [6.07, 6.45) is 2.81. The molecule has 6 heteroatoms. The lowest BCUT2D eigenvalue weighted by Gasteiger charge is -2.41. The van der Waals surface area contributed by atoms with E-state index in [1.54, 1.807) is 14.2 Å². The van der Waals surface area contributed by atoms with Gasteiger partial charge in [-0.15, -0.1) is 0 Å². The van der Waals surface area contributed by atoms with Gasteiger partial charge in [-0.05, 0) is 62.7 Å². The normalized spacial score (nSPS) is 16.0. The Labute approximate surface area is 179 Å². The van der Waals surface area contributed by atoms with Crippen molar-refractivity contribution >= 4 is 6.03 Å². The molecule has 0 radical (unpaired) electrons. The largest absolute Gasteiger partial charge is 0.493 e. The Morgan fingerprint density at radius 2 is 1.70 bits per heavy atom. The summed E-state index contributed by atoms with van der Waals surface area (Å²) in [5, 5.41) is 6.10. The number of methoxy groups -OCH3 is 2. The van der Waals surface area contributed by atoms with Crippen LogP contribution in [-0.4, -0.2) is 58.4 Å². The number of rotatable bonds is 8. The zero-order valence-corrected chi connectivity index (χ0v) is 18.2. The molecule has 1 aliphatic heterocycles. The monoisotopic (exact) mass is 411 g/mol. The van der Waals surface area contributed by atoms with E-state index in [1.165, 1.54) is 5.56 Å². The minimum absolute atomic E-state index is 0.00550. The number of urea groups is 1. The molecule has 0 aliphatic carbocycles. The molecule has 1 fully saturated rings. The number of nitrogens with zero attached hydrogens (tertiary/aromatic N) is 1. The zero-order chi connectivity index (χ0) is 21.4. The van der Waals surface area contributed by atoms with Crippen LogP contribution < -0.4 is 20.1 Å². The van der Waals surface area contributed by atoms with Gasteiger partial charge in [0.15, 0.2) is 11.5 Å². The third-order valence-corrected chi connectivity index (χ3v) is 6.06. The molecule has 162 valence electrons. The molecule has 1 heterocycles. The standard InChI is InChI=1S/C24H33N3O3/c1-27-15-12-24(13-16-27,20-7-5-4-6-8-20)18-26-23(28)25-14-11-19-9-10-21(29-2)22(17-19)30-3/h4-10,17H,11-16,18H2,1-3H3,(H2,25,26,28). The van der Waals surface area contributed by atoms with Gasteiger partial charge in [-0.2, -0.15) is 0 Å². The van der Waals surface area contributed by atoms with Crippen molar-refractivity contribution in [2.45, 2.75) is 24.7 Å². The number of carbonyl (C=O) groups is 1. The van der Waals surface area contributed by atoms with Gasteiger partial charge in [0.1, 0.15) is 0 Å². The fourth-order valence-electron chi connectivity index (χ4n) is 4.07. The summed E-state index contributed by atoms with van der Waals surface area (Å²) in [6.45, 7) is 3.28. The van der Waals surface area contributed by atoms with Gasteiger partial charge < -0.3 is 25.0 Å². The van der Waals surface area contributed by atoms with Crippen LogP contribution in [0.2, 0.25) is 0 Å². The molecule has 3 rings (SSSR count). The molecule has 2 aromatic carbocycles. The van der Waals surface area contributed by atoms with Gasteiger partial charge in [0.25, 0.3) is 0 Å². The second-order valence-electron chi connectivity index (χ2n) is 8.00. The summed E-state index contributed by atoms with van der Waals surface area (Å²) in [7, 11) is 5.40. The van der Waals surface area contributed by atoms with E-state index in [2.05, 4.69) is 46.8 Å². The number of carbonyl (C=O) groups excluding carboxylic acids is 1. The van der Waals surface area contributed by atoms with Gasteiger partial charge in [-0.3, -0.25) is 0 Å². The smallest absolute Gasteiger partial charge is 0.314 e. The molecule has 30 heavy (non-hydrogen) atoms. The van der Waals surface area contributed by atoms with Gasteiger partial charge in [-0.1, -0.05) is 36.4 Å². The van der Waals surface area contributed by atoms with Crippen LogP contribution in [0.15, 0.2) is 48.5 Å². The Morgan fingerprint density at radius 3 is 2.37 bits per heavy atom. The highest BCUT2D eigenvalue weighted by atomic mass is 16.5. The van der Waals surface area contributed by atoms with E-state index in [1.807, 2.05) is 24.3 Å². The van der Waals surface area contributed by atoms with E-state index < -0.39 is 0 Å². The quantitative estimate of drug-likeness (QED) is 0.700. The minimum atomic E-state index is -0.121. The van der Waals surface area contributed by atoms with Crippen LogP contribution in [0.1, 0.15) is 24.0 Å². The molecule has 0 bridgehead atoms. The first-order chi connectivity index (χ1) is 14.6. The molecule has 0 unspecified atom stereocenters. The average molecular weight is 412 g/mol. The first-order valence-corrected chi connectivity index (χ1v) is 10.5. The molecule has 2 amide bonds. The van der Waals surface area contributed by atoms with Crippen LogP contribution in [0.5, 0.6) is 11.5 Å². The van der Waals surface area contributed by atoms with Gasteiger partial charge in [0, 0.05) is 18.5 Å². The van der Waals surface area contributed by atoms with Crippen molar-refractivity contribution < 1.29 is 14.3 Å². The molecule has 2 aromatic rings. The Morgan fingerprint density at radius 1 is 1.00 bits per heavy atom. The number of likely N-dealkylation sites (tertiary alicyclic amines) is 1. The van der Waals surface area contributed by atoms with E-state index in [0.717, 1.165) is 37.9 Å². The Balaban J connectivity index is 1.53. The highest BCUT2D eigenvalue weighted by Gasteiger charge is 2.35. The van der Waals surface area contributed by atoms with Crippen molar-refractivity contribution in [3.8, 4) is 11.5 Å². The maximum absolute atomic E-state index is 12.5. The summed E-state index contributed by atoms with van der Waals surface area (Å²) in [5.41, 5.74) is 2.39. The third kappa shape index (κ3) is 5.45. The summed E-state index contributed by atoms with van der Waals surface area (Å²) in [5.74, 6) is 1.41. The Bertz CT molecular complexity index is 818. The highest BCUT2D eigenvalue weighted by Crippen LogP contribution is 2.34. The van der Waals surface area contributed by atoms with Crippen LogP contribution >= 0.6 is 0 Å². The fraction of sp³-hybridized carbons (Fsp3) is 0.458. The van der Waals surface area contributed by atoms with Crippen molar-refractivity contribution in [1.82, 2.24) is 15.5 Å². The van der Waals surface area contributed by atoms with E-state index in [-0.39, 0.29) is 11.4 Å². The first-order valence-electron chi connectivity index (χ1n) is 10.5. The second-order valence-corrected chi connectivity index (χ2v) is 8.00. The van der Waals surface area contributed by atoms with Crippen LogP contribution in [0, 0.1) is 0 Å². The predicted molar refractivity (Wildman–Crippen MR) is 120 cm³/mol. The van der Waals surface area contributed by atoms with Crippen molar-refractivity contribution in [2.75, 3.05) is 47.4 Å². The number of benzene rings is 2. The van der Waals surface area contributed by atoms with Crippen LogP contribution in [0.4, 0.5) is 4.79 Å². The SMILES string of the molecule is COc1ccc(CCNC(=O)NCC2(c3ccccc3)CCN(C)CC2)cc1OC. The summed E-state index contributed by atoms with van der Waals surface area (Å²) < 4.78 is 10.6. The van der Waals surface area contributed by atoms with E-state index >= 15 is 0 Å². The molecular weight excluding hydrogens is 378 g/mol. The lowest BCUT2D eigenvalue weighted by Crippen LogP contribution is -2.50. The van der Waals surface area contributed by atoms with Crippen molar-refractivity contribution in [1.29, 1.82) is 0 Å². The van der Waals surface area contributed by atoms with Crippen LogP contribution in [0.25, 0.3) is 0 Å². The average Bonchev–Trinajstić information content (AvgIpc) is 2.79. The molecule has 0 spiro atoms. The molecule has 1 aliphatic rings. The van der Waals surface area contributed by atoms with Crippen molar-refractivity contribution in [3.05, 3.63) is 59.7 Å². The lowest BCUT2D eigenvalue weighted by molar-refractivity contribution is 0.181. The lowest BCUT2D eigenvalue weighted by atomic mass is 9.72. The van der Waals surface area contributed by atoms with E-state index in [4.69, 9.17) is 9.47 Å². The molecular formula is C24H33N3O3. The number of hydrogen-bond acceptors (Lipinski definition) is 4. The fourth-order valence-corrected chi connectivity index (χ4v) is 4.07. The van der Waals surface area contributed by atoms with Gasteiger partial charge in [0.05, 0.1) is 14.2 Å². The van der Waals surface area contributed by atoms with Crippen molar-refractivity contribution in [2.24, 2.45) is 0 Å². The number of hydrogen-bond donors (Lipinski definition) is 2. The van der Waals surface area contributed by atoms with Crippen LogP contribution in [0.3, 0.4) is 0 Å². The number of ether oxygens (including phenoxy) is 2. The molecule has 1 saturated heterocycles. The van der Waals surface area contributed by atoms with E-state index in [9.17, 15) is 4.79 Å². The summed E-state index contributed by atoms with van der Waals surface area (Å²) in [6, 6.07) is 16.3. The Kier molecular flexibility index (Phi) is 7.57. The van der Waals surface area contributed by atoms with Gasteiger partial charge >= 0.3 is 6.03 Å². The zero-order valence-electron chi connectivity index (χ0n) is 18.2. The van der Waals surface area contributed by atoms with E-state index in [0.29, 0.717) is 24.6 Å². The molecule has 0 atom stereocenters. The van der Waals surface area contributed by atoms with Gasteiger partial charge in [0.2, 0.25) is 0 Å². The first kappa shape index (κ1) is 22.0. The molecule has 0 aromatic heterocycles. The summed E-state index contributed by atoms with van der Waals surface area (Å²) >= 11 is 0. The maximum atomic E-state index is 12.5. The third-order valence-electron chi connectivity index (χ3n) is 6.06. The molecule has 0 saturated carbocycles. The number of amides is 2. The molecule has 6 nitrogen and oxygen atoms in total. The topological polar surface area (TPSA) is 62.8 Å². The number of piperidine rings is 1. The molecule has 2 N–H and O–H groups in total. The number of nitrogens with one attached hydrogen (secondary N) is 2. The minimum Gasteiger partial charge on any atom is -0.493 e. The second kappa shape index (κ2) is 10.3. The van der Waals surface area contributed by atoms with Crippen molar-refractivity contribution in [3.63, 3.8) is 0 Å².